The van der Waals surface area contributed by atoms with Crippen molar-refractivity contribution in [1.29, 1.82) is 0 Å². The summed E-state index contributed by atoms with van der Waals surface area (Å²) in [6.07, 6.45) is 4.63. The highest BCUT2D eigenvalue weighted by atomic mass is 35.5. The maximum Gasteiger partial charge on any atom is 0.0981 e. The molecule has 1 atom stereocenters. The summed E-state index contributed by atoms with van der Waals surface area (Å²) in [5.74, 6) is 0. The molecular weight excluding hydrogens is 210 g/mol. The third-order valence-electron chi connectivity index (χ3n) is 2.58. The van der Waals surface area contributed by atoms with Crippen LogP contribution in [-0.2, 0) is 6.42 Å². The van der Waals surface area contributed by atoms with E-state index in [0.717, 1.165) is 6.42 Å². The summed E-state index contributed by atoms with van der Waals surface area (Å²) in [5, 5.41) is 5.59. The van der Waals surface area contributed by atoms with Crippen LogP contribution in [0.15, 0.2) is 35.1 Å². The van der Waals surface area contributed by atoms with Crippen molar-refractivity contribution < 1.29 is 4.42 Å². The average Bonchev–Trinajstić information content (AvgIpc) is 2.64. The Hall–Kier alpha value is -0.990. The Morgan fingerprint density at radius 2 is 2.00 bits per heavy atom. The molecule has 0 unspecified atom stereocenters. The molecule has 2 rings (SSSR count). The summed E-state index contributed by atoms with van der Waals surface area (Å²) < 4.78 is 5.14. The molecular formula is C12H16ClNO. The Morgan fingerprint density at radius 1 is 1.27 bits per heavy atom. The standard InChI is InChI=1S/C12H15NO.ClH/c1-9(13-2)5-10-3-4-11-7-14-8-12(11)6-10;/h3-4,6-9,13H,5H2,1-2H3;1H/t9-;/m1./s1. The molecule has 15 heavy (non-hydrogen) atoms. The predicted octanol–water partition coefficient (Wildman–Crippen LogP) is 3.01. The van der Waals surface area contributed by atoms with E-state index in [1.165, 1.54) is 16.3 Å². The number of furan rings is 1. The monoisotopic (exact) mass is 225 g/mol. The Labute approximate surface area is 96.1 Å². The van der Waals surface area contributed by atoms with E-state index in [1.54, 1.807) is 12.5 Å². The second-order valence-electron chi connectivity index (χ2n) is 3.73. The zero-order valence-electron chi connectivity index (χ0n) is 8.99. The lowest BCUT2D eigenvalue weighted by molar-refractivity contribution is 0.572. The molecule has 0 aliphatic carbocycles. The smallest absolute Gasteiger partial charge is 0.0981 e. The molecule has 0 aliphatic rings. The third kappa shape index (κ3) is 2.74. The van der Waals surface area contributed by atoms with Crippen molar-refractivity contribution in [2.75, 3.05) is 7.05 Å². The number of rotatable bonds is 3. The Bertz CT molecular complexity index is 424. The highest BCUT2D eigenvalue weighted by Crippen LogP contribution is 2.17. The maximum absolute atomic E-state index is 5.14. The lowest BCUT2D eigenvalue weighted by atomic mass is 10.0. The summed E-state index contributed by atoms with van der Waals surface area (Å²) in [6.45, 7) is 2.18. The second kappa shape index (κ2) is 5.19. The fourth-order valence-corrected chi connectivity index (χ4v) is 1.60. The Morgan fingerprint density at radius 3 is 2.73 bits per heavy atom. The van der Waals surface area contributed by atoms with Crippen LogP contribution in [0.4, 0.5) is 0 Å². The molecule has 0 saturated heterocycles. The van der Waals surface area contributed by atoms with Gasteiger partial charge in [-0.1, -0.05) is 12.1 Å². The molecule has 1 aromatic heterocycles. The third-order valence-corrected chi connectivity index (χ3v) is 2.58. The molecule has 1 N–H and O–H groups in total. The van der Waals surface area contributed by atoms with Gasteiger partial charge < -0.3 is 9.73 Å². The van der Waals surface area contributed by atoms with Gasteiger partial charge in [-0.25, -0.2) is 0 Å². The number of nitrogens with one attached hydrogen (secondary N) is 1. The highest BCUT2D eigenvalue weighted by Gasteiger charge is 2.02. The molecule has 0 aliphatic heterocycles. The predicted molar refractivity (Wildman–Crippen MR) is 65.7 cm³/mol. The first-order chi connectivity index (χ1) is 6.79. The van der Waals surface area contributed by atoms with Gasteiger partial charge in [0.2, 0.25) is 0 Å². The zero-order chi connectivity index (χ0) is 9.97. The number of fused-ring (bicyclic) bond motifs is 1. The van der Waals surface area contributed by atoms with Crippen molar-refractivity contribution in [1.82, 2.24) is 5.32 Å². The van der Waals surface area contributed by atoms with Crippen LogP contribution in [0.2, 0.25) is 0 Å². The molecule has 0 saturated carbocycles. The lowest BCUT2D eigenvalue weighted by Crippen LogP contribution is -2.23. The Balaban J connectivity index is 0.00000112. The van der Waals surface area contributed by atoms with E-state index < -0.39 is 0 Å². The second-order valence-corrected chi connectivity index (χ2v) is 3.73. The molecule has 0 radical (unpaired) electrons. The topological polar surface area (TPSA) is 25.2 Å². The number of benzene rings is 1. The minimum atomic E-state index is 0. The van der Waals surface area contributed by atoms with Gasteiger partial charge in [-0.15, -0.1) is 12.4 Å². The van der Waals surface area contributed by atoms with Gasteiger partial charge >= 0.3 is 0 Å². The first-order valence-corrected chi connectivity index (χ1v) is 4.91. The molecule has 1 aromatic carbocycles. The first kappa shape index (κ1) is 12.1. The summed E-state index contributed by atoms with van der Waals surface area (Å²) in [4.78, 5) is 0. The van der Waals surface area contributed by atoms with E-state index in [0.29, 0.717) is 6.04 Å². The van der Waals surface area contributed by atoms with E-state index in [1.807, 2.05) is 7.05 Å². The number of hydrogen-bond acceptors (Lipinski definition) is 2. The molecule has 0 spiro atoms. The van der Waals surface area contributed by atoms with Crippen LogP contribution in [0, 0.1) is 0 Å². The van der Waals surface area contributed by atoms with Crippen LogP contribution in [0.5, 0.6) is 0 Å². The van der Waals surface area contributed by atoms with Gasteiger partial charge in [0.25, 0.3) is 0 Å². The fraction of sp³-hybridized carbons (Fsp3) is 0.333. The SMILES string of the molecule is CN[C@H](C)Cc1ccc2cocc2c1.Cl. The molecule has 0 bridgehead atoms. The normalized spacial score (nSPS) is 12.4. The number of likely N-dealkylation sites (N-methyl/N-ethyl adjacent to an activating group) is 1. The summed E-state index contributed by atoms with van der Waals surface area (Å²) in [6, 6.07) is 6.97. The molecule has 0 fully saturated rings. The van der Waals surface area contributed by atoms with Crippen molar-refractivity contribution in [2.45, 2.75) is 19.4 Å². The van der Waals surface area contributed by atoms with Crippen molar-refractivity contribution in [3.8, 4) is 0 Å². The largest absolute Gasteiger partial charge is 0.471 e. The summed E-state index contributed by atoms with van der Waals surface area (Å²) >= 11 is 0. The van der Waals surface area contributed by atoms with E-state index in [9.17, 15) is 0 Å². The average molecular weight is 226 g/mol. The van der Waals surface area contributed by atoms with Crippen LogP contribution in [-0.4, -0.2) is 13.1 Å². The molecule has 3 heteroatoms. The van der Waals surface area contributed by atoms with Gasteiger partial charge in [-0.3, -0.25) is 0 Å². The van der Waals surface area contributed by atoms with Crippen LogP contribution < -0.4 is 5.32 Å². The van der Waals surface area contributed by atoms with Crippen molar-refractivity contribution in [2.24, 2.45) is 0 Å². The molecule has 0 amide bonds. The van der Waals surface area contributed by atoms with Gasteiger partial charge in [-0.05, 0) is 32.0 Å². The molecule has 2 nitrogen and oxygen atoms in total. The number of hydrogen-bond donors (Lipinski definition) is 1. The van der Waals surface area contributed by atoms with Crippen LogP contribution in [0.1, 0.15) is 12.5 Å². The van der Waals surface area contributed by atoms with Crippen LogP contribution in [0.3, 0.4) is 0 Å². The van der Waals surface area contributed by atoms with Gasteiger partial charge in [0.05, 0.1) is 12.5 Å². The van der Waals surface area contributed by atoms with Gasteiger partial charge in [0.1, 0.15) is 0 Å². The van der Waals surface area contributed by atoms with Gasteiger partial charge in [0, 0.05) is 16.8 Å². The maximum atomic E-state index is 5.14. The Kier molecular flexibility index (Phi) is 4.18. The van der Waals surface area contributed by atoms with E-state index >= 15 is 0 Å². The minimum Gasteiger partial charge on any atom is -0.471 e. The van der Waals surface area contributed by atoms with Crippen LogP contribution >= 0.6 is 12.4 Å². The van der Waals surface area contributed by atoms with E-state index in [4.69, 9.17) is 4.42 Å². The zero-order valence-corrected chi connectivity index (χ0v) is 9.80. The van der Waals surface area contributed by atoms with Gasteiger partial charge in [0.15, 0.2) is 0 Å². The number of halogens is 1. The molecule has 1 heterocycles. The van der Waals surface area contributed by atoms with Gasteiger partial charge in [-0.2, -0.15) is 0 Å². The van der Waals surface area contributed by atoms with Crippen molar-refractivity contribution in [3.63, 3.8) is 0 Å². The quantitative estimate of drug-likeness (QED) is 0.869. The minimum absolute atomic E-state index is 0. The fourth-order valence-electron chi connectivity index (χ4n) is 1.60. The van der Waals surface area contributed by atoms with Crippen molar-refractivity contribution in [3.05, 3.63) is 36.3 Å². The molecule has 82 valence electrons. The highest BCUT2D eigenvalue weighted by molar-refractivity contribution is 5.85. The van der Waals surface area contributed by atoms with E-state index in [2.05, 4.69) is 30.4 Å². The summed E-state index contributed by atoms with van der Waals surface area (Å²) in [5.41, 5.74) is 1.35. The van der Waals surface area contributed by atoms with Crippen LogP contribution in [0.25, 0.3) is 10.8 Å². The summed E-state index contributed by atoms with van der Waals surface area (Å²) in [7, 11) is 1.99. The lowest BCUT2D eigenvalue weighted by Gasteiger charge is -2.09. The van der Waals surface area contributed by atoms with Crippen molar-refractivity contribution >= 4 is 23.2 Å². The molecule has 2 aromatic rings. The first-order valence-electron chi connectivity index (χ1n) is 4.91. The van der Waals surface area contributed by atoms with E-state index in [-0.39, 0.29) is 12.4 Å².